The number of amides is 1. The molecular weight excluding hydrogens is 512 g/mol. The van der Waals surface area contributed by atoms with Crippen LogP contribution in [0, 0.1) is 6.92 Å². The first-order chi connectivity index (χ1) is 19.4. The van der Waals surface area contributed by atoms with E-state index in [1.54, 1.807) is 41.8 Å². The smallest absolute Gasteiger partial charge is 0.295 e. The van der Waals surface area contributed by atoms with Crippen LogP contribution >= 0.6 is 0 Å². The fourth-order valence-corrected chi connectivity index (χ4v) is 5.29. The van der Waals surface area contributed by atoms with Crippen molar-refractivity contribution in [3.05, 3.63) is 77.8 Å². The van der Waals surface area contributed by atoms with Crippen molar-refractivity contribution < 1.29 is 28.9 Å². The zero-order valence-corrected chi connectivity index (χ0v) is 22.8. The Morgan fingerprint density at radius 3 is 2.70 bits per heavy atom. The van der Waals surface area contributed by atoms with Crippen LogP contribution in [0.2, 0.25) is 0 Å². The van der Waals surface area contributed by atoms with Crippen molar-refractivity contribution in [2.45, 2.75) is 19.9 Å². The Morgan fingerprint density at radius 1 is 1.15 bits per heavy atom. The van der Waals surface area contributed by atoms with Gasteiger partial charge >= 0.3 is 0 Å². The number of aromatic nitrogens is 2. The van der Waals surface area contributed by atoms with Gasteiger partial charge in [0.2, 0.25) is 0 Å². The number of imidazole rings is 1. The fraction of sp³-hybridized carbons (Fsp3) is 0.367. The van der Waals surface area contributed by atoms with Gasteiger partial charge in [-0.3, -0.25) is 18.9 Å². The second kappa shape index (κ2) is 11.9. The molecule has 2 aliphatic rings. The van der Waals surface area contributed by atoms with Crippen LogP contribution in [0.4, 0.5) is 0 Å². The van der Waals surface area contributed by atoms with Gasteiger partial charge in [0.15, 0.2) is 17.3 Å². The first-order valence-corrected chi connectivity index (χ1v) is 13.5. The zero-order chi connectivity index (χ0) is 28.2. The van der Waals surface area contributed by atoms with E-state index in [0.717, 1.165) is 13.1 Å². The molecule has 4 heterocycles. The highest BCUT2D eigenvalue weighted by Crippen LogP contribution is 2.42. The number of likely N-dealkylation sites (tertiary alicyclic amines) is 1. The standard InChI is InChI=1S/C30H34N4O6/c1-4-16-40-22-10-9-21(19-23(22)39-5-2)27-25(28(35)26-20(3)31-24-8-6-7-11-33(24)26)29(36)30(37)34(27)13-12-32-14-17-38-18-15-32/h4,6-11,19,27,35H,1,5,12-18H2,2-3H3. The summed E-state index contributed by atoms with van der Waals surface area (Å²) in [6.45, 7) is 11.6. The van der Waals surface area contributed by atoms with Crippen LogP contribution < -0.4 is 9.47 Å². The summed E-state index contributed by atoms with van der Waals surface area (Å²) in [5.41, 5.74) is 2.20. The molecule has 1 atom stereocenters. The van der Waals surface area contributed by atoms with Crippen molar-refractivity contribution in [2.24, 2.45) is 0 Å². The van der Waals surface area contributed by atoms with Crippen molar-refractivity contribution in [3.8, 4) is 11.5 Å². The topological polar surface area (TPSA) is 106 Å². The molecule has 10 heteroatoms. The molecule has 1 aromatic carbocycles. The van der Waals surface area contributed by atoms with Crippen molar-refractivity contribution in [3.63, 3.8) is 0 Å². The summed E-state index contributed by atoms with van der Waals surface area (Å²) in [7, 11) is 0. The number of aliphatic hydroxyl groups is 1. The number of hydrogen-bond donors (Lipinski definition) is 1. The maximum absolute atomic E-state index is 13.6. The molecule has 0 bridgehead atoms. The number of ketones is 1. The lowest BCUT2D eigenvalue weighted by Gasteiger charge is -2.31. The predicted octanol–water partition coefficient (Wildman–Crippen LogP) is 3.36. The van der Waals surface area contributed by atoms with Gasteiger partial charge in [-0.05, 0) is 43.7 Å². The molecule has 5 rings (SSSR count). The molecule has 2 aliphatic heterocycles. The Morgan fingerprint density at radius 2 is 1.95 bits per heavy atom. The fourth-order valence-electron chi connectivity index (χ4n) is 5.29. The Bertz CT molecular complexity index is 1460. The molecule has 2 aromatic heterocycles. The van der Waals surface area contributed by atoms with Gasteiger partial charge < -0.3 is 24.2 Å². The second-order valence-electron chi connectivity index (χ2n) is 9.66. The molecule has 210 valence electrons. The van der Waals surface area contributed by atoms with Crippen LogP contribution in [0.3, 0.4) is 0 Å². The summed E-state index contributed by atoms with van der Waals surface area (Å²) in [5.74, 6) is -0.658. The molecule has 2 saturated heterocycles. The number of pyridine rings is 1. The van der Waals surface area contributed by atoms with Gasteiger partial charge in [-0.1, -0.05) is 24.8 Å². The molecule has 0 saturated carbocycles. The first-order valence-electron chi connectivity index (χ1n) is 13.5. The summed E-state index contributed by atoms with van der Waals surface area (Å²) in [6.07, 6.45) is 3.41. The minimum absolute atomic E-state index is 0.0166. The molecule has 1 N–H and O–H groups in total. The highest BCUT2D eigenvalue weighted by molar-refractivity contribution is 6.46. The quantitative estimate of drug-likeness (QED) is 0.179. The second-order valence-corrected chi connectivity index (χ2v) is 9.66. The molecule has 1 unspecified atom stereocenters. The van der Waals surface area contributed by atoms with Gasteiger partial charge in [0.25, 0.3) is 11.7 Å². The third kappa shape index (κ3) is 5.20. The van der Waals surface area contributed by atoms with Gasteiger partial charge in [-0.15, -0.1) is 0 Å². The molecule has 2 fully saturated rings. The van der Waals surface area contributed by atoms with E-state index in [1.807, 2.05) is 25.1 Å². The lowest BCUT2D eigenvalue weighted by molar-refractivity contribution is -0.140. The molecule has 0 radical (unpaired) electrons. The number of aryl methyl sites for hydroxylation is 1. The number of nitrogens with zero attached hydrogens (tertiary/aromatic N) is 4. The Labute approximate surface area is 233 Å². The number of Topliss-reactive ketones (excluding diaryl/α,β-unsaturated/α-hetero) is 1. The van der Waals surface area contributed by atoms with Crippen molar-refractivity contribution in [1.29, 1.82) is 0 Å². The lowest BCUT2D eigenvalue weighted by atomic mass is 9.96. The minimum atomic E-state index is -0.831. The monoisotopic (exact) mass is 546 g/mol. The normalized spacial score (nSPS) is 19.4. The van der Waals surface area contributed by atoms with Crippen molar-refractivity contribution in [2.75, 3.05) is 52.6 Å². The van der Waals surface area contributed by atoms with E-state index in [2.05, 4.69) is 16.5 Å². The molecule has 0 spiro atoms. The molecule has 40 heavy (non-hydrogen) atoms. The zero-order valence-electron chi connectivity index (χ0n) is 22.8. The third-order valence-corrected chi connectivity index (χ3v) is 7.17. The highest BCUT2D eigenvalue weighted by atomic mass is 16.5. The van der Waals surface area contributed by atoms with Crippen molar-refractivity contribution in [1.82, 2.24) is 19.2 Å². The number of carbonyl (C=O) groups excluding carboxylic acids is 2. The van der Waals surface area contributed by atoms with Gasteiger partial charge in [0.1, 0.15) is 17.9 Å². The van der Waals surface area contributed by atoms with E-state index in [-0.39, 0.29) is 11.3 Å². The Balaban J connectivity index is 1.63. The van der Waals surface area contributed by atoms with Gasteiger partial charge in [-0.2, -0.15) is 0 Å². The maximum atomic E-state index is 13.6. The van der Waals surface area contributed by atoms with Gasteiger partial charge in [0.05, 0.1) is 37.1 Å². The molecule has 10 nitrogen and oxygen atoms in total. The van der Waals surface area contributed by atoms with Crippen LogP contribution in [-0.4, -0.2) is 88.6 Å². The number of hydrogen-bond acceptors (Lipinski definition) is 8. The van der Waals surface area contributed by atoms with E-state index in [4.69, 9.17) is 14.2 Å². The van der Waals surface area contributed by atoms with Crippen LogP contribution in [-0.2, 0) is 14.3 Å². The summed E-state index contributed by atoms with van der Waals surface area (Å²) < 4.78 is 18.8. The number of rotatable bonds is 10. The Hall–Kier alpha value is -4.15. The first kappa shape index (κ1) is 27.4. The molecule has 0 aliphatic carbocycles. The van der Waals surface area contributed by atoms with E-state index in [1.165, 1.54) is 4.90 Å². The summed E-state index contributed by atoms with van der Waals surface area (Å²) in [4.78, 5) is 35.4. The predicted molar refractivity (Wildman–Crippen MR) is 150 cm³/mol. The van der Waals surface area contributed by atoms with E-state index >= 15 is 0 Å². The molecule has 1 amide bonds. The van der Waals surface area contributed by atoms with Crippen LogP contribution in [0.25, 0.3) is 11.4 Å². The van der Waals surface area contributed by atoms with Crippen molar-refractivity contribution >= 4 is 23.1 Å². The highest BCUT2D eigenvalue weighted by Gasteiger charge is 2.46. The van der Waals surface area contributed by atoms with Crippen LogP contribution in [0.5, 0.6) is 11.5 Å². The molecule has 3 aromatic rings. The number of carbonyl (C=O) groups is 2. The average Bonchev–Trinajstić information content (AvgIpc) is 3.43. The van der Waals surface area contributed by atoms with Crippen LogP contribution in [0.15, 0.2) is 60.8 Å². The van der Waals surface area contributed by atoms with E-state index in [0.29, 0.717) is 73.6 Å². The number of fused-ring (bicyclic) bond motifs is 1. The summed E-state index contributed by atoms with van der Waals surface area (Å²) in [6, 6.07) is 9.98. The van der Waals surface area contributed by atoms with E-state index in [9.17, 15) is 14.7 Å². The lowest BCUT2D eigenvalue weighted by Crippen LogP contribution is -2.42. The van der Waals surface area contributed by atoms with Gasteiger partial charge in [0, 0.05) is 32.4 Å². The van der Waals surface area contributed by atoms with Gasteiger partial charge in [-0.25, -0.2) is 4.98 Å². The third-order valence-electron chi connectivity index (χ3n) is 7.17. The van der Waals surface area contributed by atoms with E-state index < -0.39 is 17.7 Å². The van der Waals surface area contributed by atoms with Crippen LogP contribution in [0.1, 0.15) is 29.9 Å². The molecular formula is C30H34N4O6. The summed E-state index contributed by atoms with van der Waals surface area (Å²) >= 11 is 0. The minimum Gasteiger partial charge on any atom is -0.505 e. The number of aliphatic hydroxyl groups excluding tert-OH is 1. The Kier molecular flexibility index (Phi) is 8.18. The number of ether oxygens (including phenoxy) is 3. The SMILES string of the molecule is C=CCOc1ccc(C2C(=C(O)c3c(C)nc4ccccn34)C(=O)C(=O)N2CCN2CCOCC2)cc1OCC. The number of benzene rings is 1. The maximum Gasteiger partial charge on any atom is 0.295 e. The largest absolute Gasteiger partial charge is 0.505 e. The number of morpholine rings is 1. The summed E-state index contributed by atoms with van der Waals surface area (Å²) in [5, 5.41) is 11.7. The average molecular weight is 547 g/mol.